The van der Waals surface area contributed by atoms with E-state index in [1.807, 2.05) is 24.3 Å². The lowest BCUT2D eigenvalue weighted by Crippen LogP contribution is -2.36. The molecule has 10 heteroatoms. The number of nitro benzene ring substituents is 1. The van der Waals surface area contributed by atoms with Gasteiger partial charge in [0.25, 0.3) is 5.69 Å². The standard InChI is InChI=1S/C30H36N2O8/c1-5-15-38-18-14-22-10-12-25(13-11-22)39-16-7-17-40-30(34)27-21(3)31-20(2)26(29(33)37-4)28(27)23-8-6-9-24(19-23)32(35)36/h6,8-13,19,26,28H,5,7,14-18H2,1-4H3/t26?,28-/m0/s1. The largest absolute Gasteiger partial charge is 0.493 e. The fourth-order valence-corrected chi connectivity index (χ4v) is 4.61. The molecule has 40 heavy (non-hydrogen) atoms. The minimum absolute atomic E-state index is 0.0791. The molecule has 0 fully saturated rings. The topological polar surface area (TPSA) is 127 Å². The van der Waals surface area contributed by atoms with E-state index in [9.17, 15) is 19.7 Å². The number of nitro groups is 1. The molecule has 1 aliphatic rings. The van der Waals surface area contributed by atoms with Crippen LogP contribution in [0.15, 0.2) is 64.8 Å². The van der Waals surface area contributed by atoms with E-state index in [4.69, 9.17) is 18.9 Å². The molecule has 1 unspecified atom stereocenters. The number of ether oxygens (including phenoxy) is 4. The van der Waals surface area contributed by atoms with Gasteiger partial charge in [-0.2, -0.15) is 0 Å². The first kappa shape index (κ1) is 30.5. The summed E-state index contributed by atoms with van der Waals surface area (Å²) in [6.45, 7) is 7.26. The van der Waals surface area contributed by atoms with E-state index in [-0.39, 0.29) is 17.9 Å². The number of carbonyl (C=O) groups is 2. The number of hydrogen-bond donors (Lipinski definition) is 0. The first-order valence-electron chi connectivity index (χ1n) is 13.3. The van der Waals surface area contributed by atoms with Gasteiger partial charge in [-0.15, -0.1) is 0 Å². The normalized spacial score (nSPS) is 16.8. The molecule has 0 amide bonds. The van der Waals surface area contributed by atoms with Gasteiger partial charge in [0, 0.05) is 42.5 Å². The number of benzene rings is 2. The lowest BCUT2D eigenvalue weighted by molar-refractivity contribution is -0.384. The second-order valence-corrected chi connectivity index (χ2v) is 9.43. The van der Waals surface area contributed by atoms with E-state index in [2.05, 4.69) is 11.9 Å². The summed E-state index contributed by atoms with van der Waals surface area (Å²) in [7, 11) is 1.25. The molecular formula is C30H36N2O8. The van der Waals surface area contributed by atoms with Crippen molar-refractivity contribution in [3.63, 3.8) is 0 Å². The molecule has 0 saturated heterocycles. The summed E-state index contributed by atoms with van der Waals surface area (Å²) in [4.78, 5) is 41.3. The number of carbonyl (C=O) groups excluding carboxylic acids is 2. The molecule has 3 rings (SSSR count). The average molecular weight is 553 g/mol. The van der Waals surface area contributed by atoms with Gasteiger partial charge in [0.05, 0.1) is 37.4 Å². The predicted octanol–water partition coefficient (Wildman–Crippen LogP) is 5.20. The Bertz CT molecular complexity index is 1250. The van der Waals surface area contributed by atoms with Crippen LogP contribution in [0.5, 0.6) is 5.75 Å². The van der Waals surface area contributed by atoms with E-state index < -0.39 is 28.7 Å². The smallest absolute Gasteiger partial charge is 0.336 e. The van der Waals surface area contributed by atoms with Gasteiger partial charge in [-0.3, -0.25) is 19.9 Å². The Balaban J connectivity index is 1.64. The van der Waals surface area contributed by atoms with Crippen molar-refractivity contribution in [1.29, 1.82) is 0 Å². The summed E-state index contributed by atoms with van der Waals surface area (Å²) in [6, 6.07) is 13.7. The molecule has 0 aromatic heterocycles. The zero-order valence-corrected chi connectivity index (χ0v) is 23.4. The number of aliphatic imine (C=N–C) groups is 1. The first-order chi connectivity index (χ1) is 19.3. The fraction of sp³-hybridized carbons (Fsp3) is 0.433. The Hall–Kier alpha value is -4.05. The summed E-state index contributed by atoms with van der Waals surface area (Å²) >= 11 is 0. The van der Waals surface area contributed by atoms with E-state index in [1.165, 1.54) is 25.3 Å². The van der Waals surface area contributed by atoms with E-state index in [1.54, 1.807) is 19.9 Å². The molecule has 0 N–H and O–H groups in total. The minimum atomic E-state index is -0.928. The zero-order chi connectivity index (χ0) is 29.1. The van der Waals surface area contributed by atoms with Crippen LogP contribution >= 0.6 is 0 Å². The van der Waals surface area contributed by atoms with Gasteiger partial charge < -0.3 is 18.9 Å². The second-order valence-electron chi connectivity index (χ2n) is 9.43. The van der Waals surface area contributed by atoms with E-state index in [0.717, 1.165) is 25.0 Å². The number of methoxy groups -OCH3 is 1. The molecule has 0 bridgehead atoms. The maximum absolute atomic E-state index is 13.3. The van der Waals surface area contributed by atoms with Crippen LogP contribution in [0.2, 0.25) is 0 Å². The molecule has 0 radical (unpaired) electrons. The summed E-state index contributed by atoms with van der Waals surface area (Å²) in [5, 5.41) is 11.4. The highest BCUT2D eigenvalue weighted by Gasteiger charge is 2.42. The lowest BCUT2D eigenvalue weighted by atomic mass is 9.75. The van der Waals surface area contributed by atoms with Crippen LogP contribution in [0.25, 0.3) is 0 Å². The van der Waals surface area contributed by atoms with Crippen molar-refractivity contribution in [3.05, 3.63) is 81.0 Å². The Morgan fingerprint density at radius 3 is 2.45 bits per heavy atom. The molecular weight excluding hydrogens is 516 g/mol. The van der Waals surface area contributed by atoms with Crippen molar-refractivity contribution < 1.29 is 33.5 Å². The van der Waals surface area contributed by atoms with Gasteiger partial charge in [0.1, 0.15) is 11.7 Å². The van der Waals surface area contributed by atoms with E-state index >= 15 is 0 Å². The number of rotatable bonds is 14. The number of nitrogens with zero attached hydrogens (tertiary/aromatic N) is 2. The maximum Gasteiger partial charge on any atom is 0.336 e. The molecule has 1 aliphatic heterocycles. The summed E-state index contributed by atoms with van der Waals surface area (Å²) in [5.74, 6) is -2.30. The molecule has 2 atom stereocenters. The Morgan fingerprint density at radius 2 is 1.77 bits per heavy atom. The van der Waals surface area contributed by atoms with Crippen LogP contribution < -0.4 is 4.74 Å². The quantitative estimate of drug-likeness (QED) is 0.135. The third-order valence-corrected chi connectivity index (χ3v) is 6.54. The molecule has 214 valence electrons. The number of non-ortho nitro benzene ring substituents is 1. The summed E-state index contributed by atoms with van der Waals surface area (Å²) in [5.41, 5.74) is 2.44. The van der Waals surface area contributed by atoms with Crippen molar-refractivity contribution >= 4 is 23.3 Å². The molecule has 2 aromatic rings. The van der Waals surface area contributed by atoms with Crippen LogP contribution in [-0.4, -0.2) is 56.1 Å². The van der Waals surface area contributed by atoms with E-state index in [0.29, 0.717) is 42.4 Å². The molecule has 0 spiro atoms. The fourth-order valence-electron chi connectivity index (χ4n) is 4.61. The van der Waals surface area contributed by atoms with Gasteiger partial charge in [-0.1, -0.05) is 31.2 Å². The Morgan fingerprint density at radius 1 is 1.02 bits per heavy atom. The number of allylic oxidation sites excluding steroid dienone is 1. The maximum atomic E-state index is 13.3. The van der Waals surface area contributed by atoms with Crippen molar-refractivity contribution in [2.45, 2.75) is 46.0 Å². The summed E-state index contributed by atoms with van der Waals surface area (Å²) in [6.07, 6.45) is 2.28. The Labute approximate surface area is 234 Å². The highest BCUT2D eigenvalue weighted by molar-refractivity contribution is 6.07. The molecule has 0 saturated carbocycles. The van der Waals surface area contributed by atoms with Gasteiger partial charge >= 0.3 is 11.9 Å². The van der Waals surface area contributed by atoms with Crippen LogP contribution in [-0.2, 0) is 30.2 Å². The van der Waals surface area contributed by atoms with Crippen molar-refractivity contribution in [2.75, 3.05) is 33.5 Å². The first-order valence-corrected chi connectivity index (χ1v) is 13.3. The third kappa shape index (κ3) is 7.98. The van der Waals surface area contributed by atoms with Gasteiger partial charge in [-0.05, 0) is 49.9 Å². The van der Waals surface area contributed by atoms with Crippen molar-refractivity contribution in [3.8, 4) is 5.75 Å². The lowest BCUT2D eigenvalue weighted by Gasteiger charge is -2.31. The molecule has 10 nitrogen and oxygen atoms in total. The predicted molar refractivity (Wildman–Crippen MR) is 149 cm³/mol. The minimum Gasteiger partial charge on any atom is -0.493 e. The number of esters is 2. The van der Waals surface area contributed by atoms with Crippen LogP contribution in [0, 0.1) is 16.0 Å². The highest BCUT2D eigenvalue weighted by Crippen LogP contribution is 2.40. The van der Waals surface area contributed by atoms with Gasteiger partial charge in [-0.25, -0.2) is 4.79 Å². The molecule has 0 aliphatic carbocycles. The van der Waals surface area contributed by atoms with Crippen molar-refractivity contribution in [1.82, 2.24) is 0 Å². The SMILES string of the molecule is CCCOCCc1ccc(OCCCOC(=O)C2=C(C)N=C(C)C(C(=O)OC)[C@@H]2c2cccc([N+](=O)[O-])c2)cc1. The molecule has 2 aromatic carbocycles. The monoisotopic (exact) mass is 552 g/mol. The van der Waals surface area contributed by atoms with Crippen LogP contribution in [0.4, 0.5) is 5.69 Å². The third-order valence-electron chi connectivity index (χ3n) is 6.54. The zero-order valence-electron chi connectivity index (χ0n) is 23.4. The second kappa shape index (κ2) is 14.9. The highest BCUT2D eigenvalue weighted by atomic mass is 16.6. The van der Waals surface area contributed by atoms with Gasteiger partial charge in [0.2, 0.25) is 0 Å². The average Bonchev–Trinajstić information content (AvgIpc) is 2.95. The number of hydrogen-bond acceptors (Lipinski definition) is 9. The van der Waals surface area contributed by atoms with Crippen molar-refractivity contribution in [2.24, 2.45) is 10.9 Å². The van der Waals surface area contributed by atoms with Crippen LogP contribution in [0.3, 0.4) is 0 Å². The van der Waals surface area contributed by atoms with Crippen LogP contribution in [0.1, 0.15) is 50.7 Å². The summed E-state index contributed by atoms with van der Waals surface area (Å²) < 4.78 is 21.8. The van der Waals surface area contributed by atoms with Gasteiger partial charge in [0.15, 0.2) is 0 Å². The Kier molecular flexibility index (Phi) is 11.4. The molecule has 1 heterocycles.